The summed E-state index contributed by atoms with van der Waals surface area (Å²) in [5.41, 5.74) is 7.10. The van der Waals surface area contributed by atoms with Crippen molar-refractivity contribution < 1.29 is 14.3 Å². The zero-order chi connectivity index (χ0) is 32.3. The number of amides is 1. The van der Waals surface area contributed by atoms with Gasteiger partial charge in [-0.25, -0.2) is 0 Å². The zero-order valence-corrected chi connectivity index (χ0v) is 29.0. The van der Waals surface area contributed by atoms with Crippen LogP contribution in [0.5, 0.6) is 5.75 Å². The van der Waals surface area contributed by atoms with Crippen LogP contribution in [0.3, 0.4) is 0 Å². The maximum atomic E-state index is 13.6. The monoisotopic (exact) mass is 655 g/mol. The zero-order valence-electron chi connectivity index (χ0n) is 27.4. The van der Waals surface area contributed by atoms with Gasteiger partial charge in [0.15, 0.2) is 0 Å². The Morgan fingerprint density at radius 1 is 1.00 bits per heavy atom. The Hall–Kier alpha value is -3.59. The number of nitrogens with one attached hydrogen (secondary N) is 1. The Labute approximate surface area is 282 Å². The summed E-state index contributed by atoms with van der Waals surface area (Å²) in [5.74, 6) is 2.18. The fraction of sp³-hybridized carbons (Fsp3) is 0.368. The molecule has 1 amide bonds. The molecular weight excluding hydrogens is 611 g/mol. The van der Waals surface area contributed by atoms with E-state index in [1.165, 1.54) is 15.5 Å². The summed E-state index contributed by atoms with van der Waals surface area (Å²) in [4.78, 5) is 18.4. The van der Waals surface area contributed by atoms with Crippen molar-refractivity contribution in [3.05, 3.63) is 94.5 Å². The molecule has 8 heteroatoms. The van der Waals surface area contributed by atoms with Crippen molar-refractivity contribution in [2.45, 2.75) is 57.6 Å². The Morgan fingerprint density at radius 2 is 1.78 bits per heavy atom. The molecule has 0 saturated carbocycles. The molecule has 0 unspecified atom stereocenters. The van der Waals surface area contributed by atoms with Crippen LogP contribution >= 0.6 is 23.3 Å². The van der Waals surface area contributed by atoms with E-state index in [1.54, 1.807) is 23.3 Å². The molecule has 1 N–H and O–H groups in total. The van der Waals surface area contributed by atoms with Crippen LogP contribution in [0, 0.1) is 12.8 Å². The number of ether oxygens (including phenoxy) is 2. The quantitative estimate of drug-likeness (QED) is 0.102. The summed E-state index contributed by atoms with van der Waals surface area (Å²) in [6.07, 6.45) is 4.97. The largest absolute Gasteiger partial charge is 0.491 e. The molecule has 0 radical (unpaired) electrons. The van der Waals surface area contributed by atoms with Crippen molar-refractivity contribution >= 4 is 46.7 Å². The summed E-state index contributed by atoms with van der Waals surface area (Å²) in [7, 11) is 0. The highest BCUT2D eigenvalue weighted by Crippen LogP contribution is 2.34. The van der Waals surface area contributed by atoms with Gasteiger partial charge in [0.25, 0.3) is 5.91 Å². The molecular formula is C38H45N3O3S2. The fourth-order valence-corrected chi connectivity index (χ4v) is 7.02. The number of carbonyl (C=O) groups is 1. The SMILES string of the molecule is CCCCOCCOc1ccc(-c2ccc3c(c2)C=C(C(=O)Nc2ccc(SCc4cc(C)ns4)cc2)CCN3CC(C)C)cc1. The lowest BCUT2D eigenvalue weighted by Gasteiger charge is -2.27. The Kier molecular flexibility index (Phi) is 12.3. The minimum atomic E-state index is -0.0523. The number of hydrogen-bond acceptors (Lipinski definition) is 7. The molecule has 1 aliphatic rings. The molecule has 0 saturated heterocycles. The average Bonchev–Trinajstić information content (AvgIpc) is 3.39. The van der Waals surface area contributed by atoms with Crippen molar-refractivity contribution in [1.29, 1.82) is 0 Å². The maximum absolute atomic E-state index is 13.6. The van der Waals surface area contributed by atoms with Gasteiger partial charge in [-0.3, -0.25) is 4.79 Å². The van der Waals surface area contributed by atoms with Crippen molar-refractivity contribution in [3.8, 4) is 16.9 Å². The summed E-state index contributed by atoms with van der Waals surface area (Å²) in [6.45, 7) is 12.3. The number of rotatable bonds is 15. The molecule has 0 spiro atoms. The van der Waals surface area contributed by atoms with E-state index in [4.69, 9.17) is 9.47 Å². The highest BCUT2D eigenvalue weighted by molar-refractivity contribution is 7.98. The minimum Gasteiger partial charge on any atom is -0.491 e. The van der Waals surface area contributed by atoms with Crippen LogP contribution in [-0.2, 0) is 15.3 Å². The van der Waals surface area contributed by atoms with Crippen LogP contribution in [0.4, 0.5) is 11.4 Å². The van der Waals surface area contributed by atoms with Crippen molar-refractivity contribution in [3.63, 3.8) is 0 Å². The molecule has 46 heavy (non-hydrogen) atoms. The molecule has 3 aromatic carbocycles. The van der Waals surface area contributed by atoms with Crippen LogP contribution in [0.25, 0.3) is 17.2 Å². The Morgan fingerprint density at radius 3 is 2.50 bits per heavy atom. The summed E-state index contributed by atoms with van der Waals surface area (Å²) >= 11 is 3.33. The number of aryl methyl sites for hydroxylation is 1. The maximum Gasteiger partial charge on any atom is 0.251 e. The van der Waals surface area contributed by atoms with Crippen molar-refractivity contribution in [1.82, 2.24) is 4.37 Å². The lowest BCUT2D eigenvalue weighted by atomic mass is 10.00. The van der Waals surface area contributed by atoms with E-state index < -0.39 is 0 Å². The lowest BCUT2D eigenvalue weighted by Crippen LogP contribution is -2.29. The van der Waals surface area contributed by atoms with E-state index in [2.05, 4.69) is 90.0 Å². The van der Waals surface area contributed by atoms with Crippen molar-refractivity contribution in [2.75, 3.05) is 43.1 Å². The average molecular weight is 656 g/mol. The third-order valence-corrected chi connectivity index (χ3v) is 9.84. The van der Waals surface area contributed by atoms with Crippen LogP contribution in [-0.4, -0.2) is 43.2 Å². The summed E-state index contributed by atoms with van der Waals surface area (Å²) in [5, 5.41) is 3.15. The molecule has 0 fully saturated rings. The Balaban J connectivity index is 1.27. The van der Waals surface area contributed by atoms with E-state index in [-0.39, 0.29) is 5.91 Å². The number of fused-ring (bicyclic) bond motifs is 1. The van der Waals surface area contributed by atoms with Crippen molar-refractivity contribution in [2.24, 2.45) is 5.92 Å². The molecule has 5 rings (SSSR count). The number of thioether (sulfide) groups is 1. The molecule has 6 nitrogen and oxygen atoms in total. The van der Waals surface area contributed by atoms with Gasteiger partial charge in [0.05, 0.1) is 12.3 Å². The van der Waals surface area contributed by atoms with Gasteiger partial charge >= 0.3 is 0 Å². The molecule has 1 aromatic heterocycles. The first-order chi connectivity index (χ1) is 22.4. The molecule has 0 atom stereocenters. The number of unbranched alkanes of at least 4 members (excludes halogenated alkanes) is 1. The second kappa shape index (κ2) is 16.8. The Bertz CT molecular complexity index is 1600. The van der Waals surface area contributed by atoms with E-state index in [1.807, 2.05) is 31.2 Å². The summed E-state index contributed by atoms with van der Waals surface area (Å²) < 4.78 is 15.8. The first-order valence-electron chi connectivity index (χ1n) is 16.2. The predicted octanol–water partition coefficient (Wildman–Crippen LogP) is 9.49. The number of carbonyl (C=O) groups excluding carboxylic acids is 1. The molecule has 1 aliphatic heterocycles. The van der Waals surface area contributed by atoms with Crippen LogP contribution in [0.1, 0.15) is 56.2 Å². The minimum absolute atomic E-state index is 0.0523. The number of nitrogens with zero attached hydrogens (tertiary/aromatic N) is 2. The number of aromatic nitrogens is 1. The summed E-state index contributed by atoms with van der Waals surface area (Å²) in [6, 6.07) is 25.0. The first kappa shape index (κ1) is 33.8. The van der Waals surface area contributed by atoms with E-state index in [9.17, 15) is 4.79 Å². The van der Waals surface area contributed by atoms with Gasteiger partial charge in [0.1, 0.15) is 12.4 Å². The van der Waals surface area contributed by atoms with Gasteiger partial charge in [-0.2, -0.15) is 4.37 Å². The van der Waals surface area contributed by atoms with Crippen LogP contribution in [0.15, 0.2) is 83.3 Å². The second-order valence-corrected chi connectivity index (χ2v) is 14.0. The van der Waals surface area contributed by atoms with Gasteiger partial charge in [0.2, 0.25) is 0 Å². The van der Waals surface area contributed by atoms with Gasteiger partial charge in [-0.05, 0) is 115 Å². The van der Waals surface area contributed by atoms with Crippen LogP contribution < -0.4 is 15.0 Å². The third-order valence-electron chi connectivity index (χ3n) is 7.72. The normalized spacial score (nSPS) is 12.9. The van der Waals surface area contributed by atoms with Gasteiger partial charge in [-0.15, -0.1) is 11.8 Å². The van der Waals surface area contributed by atoms with Gasteiger partial charge < -0.3 is 19.7 Å². The molecule has 242 valence electrons. The molecule has 2 heterocycles. The number of hydrogen-bond donors (Lipinski definition) is 1. The topological polar surface area (TPSA) is 63.7 Å². The number of anilines is 2. The third kappa shape index (κ3) is 9.71. The standard InChI is InChI=1S/C38H45N3O3S2/c1-5-6-19-43-20-21-44-34-12-7-29(8-13-34)30-9-16-37-32(23-30)24-31(17-18-41(37)25-27(2)3)38(42)39-33-10-14-35(15-11-33)45-26-36-22-28(4)40-46-36/h7-16,22-24,27H,5-6,17-21,25-26H2,1-4H3,(H,39,42). The molecule has 0 aliphatic carbocycles. The first-order valence-corrected chi connectivity index (χ1v) is 18.0. The van der Waals surface area contributed by atoms with E-state index in [0.717, 1.165) is 77.7 Å². The highest BCUT2D eigenvalue weighted by Gasteiger charge is 2.21. The highest BCUT2D eigenvalue weighted by atomic mass is 32.2. The fourth-order valence-electron chi connectivity index (χ4n) is 5.38. The second-order valence-electron chi connectivity index (χ2n) is 12.1. The molecule has 4 aromatic rings. The van der Waals surface area contributed by atoms with Gasteiger partial charge in [-0.1, -0.05) is 45.4 Å². The number of benzene rings is 3. The molecule has 0 bridgehead atoms. The van der Waals surface area contributed by atoms with Crippen LogP contribution in [0.2, 0.25) is 0 Å². The van der Waals surface area contributed by atoms with E-state index >= 15 is 0 Å². The lowest BCUT2D eigenvalue weighted by molar-refractivity contribution is -0.112. The smallest absolute Gasteiger partial charge is 0.251 e. The van der Waals surface area contributed by atoms with Gasteiger partial charge in [0, 0.05) is 52.2 Å². The van der Waals surface area contributed by atoms with E-state index in [0.29, 0.717) is 25.6 Å². The predicted molar refractivity (Wildman–Crippen MR) is 194 cm³/mol.